The Bertz CT molecular complexity index is 548. The van der Waals surface area contributed by atoms with Crippen molar-refractivity contribution in [2.24, 2.45) is 0 Å². The third kappa shape index (κ3) is 5.80. The molecule has 1 aromatic rings. The van der Waals surface area contributed by atoms with Crippen molar-refractivity contribution >= 4 is 35.1 Å². The molecule has 7 nitrogen and oxygen atoms in total. The fourth-order valence-corrected chi connectivity index (χ4v) is 1.66. The molecule has 0 bridgehead atoms. The number of benzene rings is 1. The molecule has 0 saturated carbocycles. The highest BCUT2D eigenvalue weighted by molar-refractivity contribution is 6.33. The van der Waals surface area contributed by atoms with E-state index in [9.17, 15) is 14.4 Å². The fraction of sp³-hybridized carbons (Fsp3) is 0.308. The molecule has 0 spiro atoms. The van der Waals surface area contributed by atoms with Gasteiger partial charge < -0.3 is 15.7 Å². The third-order valence-electron chi connectivity index (χ3n) is 2.43. The van der Waals surface area contributed by atoms with Crippen LogP contribution in [0.15, 0.2) is 18.2 Å². The third-order valence-corrected chi connectivity index (χ3v) is 2.76. The van der Waals surface area contributed by atoms with Crippen molar-refractivity contribution in [3.05, 3.63) is 28.8 Å². The second-order valence-corrected chi connectivity index (χ2v) is 4.51. The zero-order chi connectivity index (χ0) is 15.8. The van der Waals surface area contributed by atoms with Crippen molar-refractivity contribution in [1.82, 2.24) is 10.6 Å². The second-order valence-electron chi connectivity index (χ2n) is 4.11. The van der Waals surface area contributed by atoms with E-state index >= 15 is 0 Å². The fourth-order valence-electron chi connectivity index (χ4n) is 1.50. The maximum Gasteiger partial charge on any atom is 0.335 e. The largest absolute Gasteiger partial charge is 0.478 e. The van der Waals surface area contributed by atoms with Gasteiger partial charge in [-0.15, -0.1) is 0 Å². The molecular formula is C13H16ClN3O4. The summed E-state index contributed by atoms with van der Waals surface area (Å²) in [4.78, 5) is 33.7. The molecule has 8 heteroatoms. The number of halogens is 1. The highest BCUT2D eigenvalue weighted by Crippen LogP contribution is 2.22. The van der Waals surface area contributed by atoms with Crippen LogP contribution in [0.4, 0.5) is 5.69 Å². The lowest BCUT2D eigenvalue weighted by Crippen LogP contribution is -2.37. The Kier molecular flexibility index (Phi) is 6.64. The van der Waals surface area contributed by atoms with Crippen LogP contribution < -0.4 is 16.0 Å². The molecule has 4 N–H and O–H groups in total. The summed E-state index contributed by atoms with van der Waals surface area (Å²) in [5.41, 5.74) is 0.228. The number of likely N-dealkylation sites (N-methyl/N-ethyl adjacent to an activating group) is 1. The zero-order valence-corrected chi connectivity index (χ0v) is 12.2. The maximum absolute atomic E-state index is 11.7. The molecular weight excluding hydrogens is 298 g/mol. The van der Waals surface area contributed by atoms with Crippen molar-refractivity contribution in [2.45, 2.75) is 6.92 Å². The summed E-state index contributed by atoms with van der Waals surface area (Å²) in [6.07, 6.45) is 0. The van der Waals surface area contributed by atoms with Gasteiger partial charge in [-0.2, -0.15) is 0 Å². The molecule has 114 valence electrons. The number of carbonyl (C=O) groups is 3. The highest BCUT2D eigenvalue weighted by atomic mass is 35.5. The van der Waals surface area contributed by atoms with Gasteiger partial charge in [0.2, 0.25) is 11.8 Å². The first kappa shape index (κ1) is 16.9. The molecule has 0 radical (unpaired) electrons. The van der Waals surface area contributed by atoms with Gasteiger partial charge in [-0.05, 0) is 25.1 Å². The normalized spacial score (nSPS) is 10.0. The maximum atomic E-state index is 11.7. The number of amides is 2. The van der Waals surface area contributed by atoms with Crippen LogP contribution in [-0.2, 0) is 9.59 Å². The molecule has 0 unspecified atom stereocenters. The molecule has 2 amide bonds. The summed E-state index contributed by atoms with van der Waals surface area (Å²) in [5, 5.41) is 16.8. The number of carboxylic acid groups (broad SMARTS) is 1. The first-order valence-electron chi connectivity index (χ1n) is 6.24. The standard InChI is InChI=1S/C13H16ClN3O4/c1-2-16-11(18)6-15-7-12(19)17-10-5-8(13(20)21)3-4-9(10)14/h3-5,15H,2,6-7H2,1H3,(H,16,18)(H,17,19)(H,20,21). The van der Waals surface area contributed by atoms with Crippen molar-refractivity contribution in [3.63, 3.8) is 0 Å². The van der Waals surface area contributed by atoms with Crippen LogP contribution in [0.2, 0.25) is 5.02 Å². The van der Waals surface area contributed by atoms with Crippen LogP contribution in [0.3, 0.4) is 0 Å². The van der Waals surface area contributed by atoms with Crippen LogP contribution in [0.5, 0.6) is 0 Å². The molecule has 0 aliphatic carbocycles. The lowest BCUT2D eigenvalue weighted by atomic mass is 10.2. The van der Waals surface area contributed by atoms with E-state index in [-0.39, 0.29) is 35.3 Å². The quantitative estimate of drug-likeness (QED) is 0.593. The summed E-state index contributed by atoms with van der Waals surface area (Å²) in [5.74, 6) is -1.75. The van der Waals surface area contributed by atoms with Gasteiger partial charge in [0.05, 0.1) is 29.4 Å². The SMILES string of the molecule is CCNC(=O)CNCC(=O)Nc1cc(C(=O)O)ccc1Cl. The molecule has 0 fully saturated rings. The molecule has 0 atom stereocenters. The van der Waals surface area contributed by atoms with E-state index < -0.39 is 11.9 Å². The van der Waals surface area contributed by atoms with Crippen molar-refractivity contribution in [1.29, 1.82) is 0 Å². The number of hydrogen-bond donors (Lipinski definition) is 4. The predicted octanol–water partition coefficient (Wildman–Crippen LogP) is 0.702. The Labute approximate surface area is 126 Å². The first-order valence-corrected chi connectivity index (χ1v) is 6.62. The van der Waals surface area contributed by atoms with Crippen LogP contribution in [0.1, 0.15) is 17.3 Å². The monoisotopic (exact) mass is 313 g/mol. The van der Waals surface area contributed by atoms with Gasteiger partial charge in [-0.1, -0.05) is 11.6 Å². The van der Waals surface area contributed by atoms with E-state index in [1.54, 1.807) is 6.92 Å². The van der Waals surface area contributed by atoms with Crippen LogP contribution in [0, 0.1) is 0 Å². The average molecular weight is 314 g/mol. The van der Waals surface area contributed by atoms with E-state index in [2.05, 4.69) is 16.0 Å². The van der Waals surface area contributed by atoms with E-state index in [4.69, 9.17) is 16.7 Å². The molecule has 21 heavy (non-hydrogen) atoms. The van der Waals surface area contributed by atoms with Crippen molar-refractivity contribution in [2.75, 3.05) is 25.0 Å². The second kappa shape index (κ2) is 8.23. The number of nitrogens with one attached hydrogen (secondary N) is 3. The zero-order valence-electron chi connectivity index (χ0n) is 11.4. The Morgan fingerprint density at radius 3 is 2.48 bits per heavy atom. The Balaban J connectivity index is 2.53. The van der Waals surface area contributed by atoms with Crippen LogP contribution >= 0.6 is 11.6 Å². The van der Waals surface area contributed by atoms with Crippen LogP contribution in [-0.4, -0.2) is 42.5 Å². The Hall–Kier alpha value is -2.12. The molecule has 0 saturated heterocycles. The molecule has 0 heterocycles. The minimum atomic E-state index is -1.11. The van der Waals surface area contributed by atoms with Crippen molar-refractivity contribution < 1.29 is 19.5 Å². The number of hydrogen-bond acceptors (Lipinski definition) is 4. The number of carboxylic acids is 1. The average Bonchev–Trinajstić information content (AvgIpc) is 2.41. The summed E-state index contributed by atoms with van der Waals surface area (Å²) < 4.78 is 0. The molecule has 0 aromatic heterocycles. The van der Waals surface area contributed by atoms with Gasteiger partial charge in [0.15, 0.2) is 0 Å². The molecule has 1 rings (SSSR count). The Morgan fingerprint density at radius 1 is 1.19 bits per heavy atom. The minimum Gasteiger partial charge on any atom is -0.478 e. The molecule has 1 aromatic carbocycles. The lowest BCUT2D eigenvalue weighted by Gasteiger charge is -2.09. The summed E-state index contributed by atoms with van der Waals surface area (Å²) in [6, 6.07) is 4.00. The van der Waals surface area contributed by atoms with E-state index in [0.717, 1.165) is 0 Å². The lowest BCUT2D eigenvalue weighted by molar-refractivity contribution is -0.120. The Morgan fingerprint density at radius 2 is 1.86 bits per heavy atom. The predicted molar refractivity (Wildman–Crippen MR) is 78.6 cm³/mol. The first-order chi connectivity index (χ1) is 9.93. The van der Waals surface area contributed by atoms with Crippen LogP contribution in [0.25, 0.3) is 0 Å². The molecule has 0 aliphatic rings. The number of rotatable bonds is 7. The summed E-state index contributed by atoms with van der Waals surface area (Å²) in [6.45, 7) is 2.24. The number of carbonyl (C=O) groups excluding carboxylic acids is 2. The highest BCUT2D eigenvalue weighted by Gasteiger charge is 2.10. The van der Waals surface area contributed by atoms with Crippen molar-refractivity contribution in [3.8, 4) is 0 Å². The topological polar surface area (TPSA) is 108 Å². The van der Waals surface area contributed by atoms with E-state index in [1.165, 1.54) is 18.2 Å². The van der Waals surface area contributed by atoms with Gasteiger partial charge in [0, 0.05) is 6.54 Å². The number of anilines is 1. The van der Waals surface area contributed by atoms with Gasteiger partial charge in [0.1, 0.15) is 0 Å². The van der Waals surface area contributed by atoms with E-state index in [0.29, 0.717) is 6.54 Å². The summed E-state index contributed by atoms with van der Waals surface area (Å²) >= 11 is 5.88. The van der Waals surface area contributed by atoms with Gasteiger partial charge >= 0.3 is 5.97 Å². The van der Waals surface area contributed by atoms with E-state index in [1.807, 2.05) is 0 Å². The van der Waals surface area contributed by atoms with Gasteiger partial charge in [-0.25, -0.2) is 4.79 Å². The molecule has 0 aliphatic heterocycles. The minimum absolute atomic E-state index is 0.0180. The summed E-state index contributed by atoms with van der Waals surface area (Å²) in [7, 11) is 0. The van der Waals surface area contributed by atoms with Gasteiger partial charge in [-0.3, -0.25) is 14.9 Å². The number of aromatic carboxylic acids is 1. The van der Waals surface area contributed by atoms with Gasteiger partial charge in [0.25, 0.3) is 0 Å². The smallest absolute Gasteiger partial charge is 0.335 e.